The molecule has 0 radical (unpaired) electrons. The number of hydrogen-bond donors (Lipinski definition) is 0. The number of carbonyl (C=O) groups is 1. The lowest BCUT2D eigenvalue weighted by molar-refractivity contribution is 0.0688. The lowest BCUT2D eigenvalue weighted by Gasteiger charge is -2.32. The van der Waals surface area contributed by atoms with E-state index in [2.05, 4.69) is 21.5 Å². The van der Waals surface area contributed by atoms with E-state index >= 15 is 0 Å². The van der Waals surface area contributed by atoms with Gasteiger partial charge < -0.3 is 9.47 Å². The third kappa shape index (κ3) is 3.56. The molecule has 5 nitrogen and oxygen atoms in total. The second-order valence-corrected chi connectivity index (χ2v) is 9.06. The minimum absolute atomic E-state index is 0.174. The van der Waals surface area contributed by atoms with Gasteiger partial charge in [-0.15, -0.1) is 11.3 Å². The Labute approximate surface area is 159 Å². The Bertz CT molecular complexity index is 797. The summed E-state index contributed by atoms with van der Waals surface area (Å²) in [6.45, 7) is 8.89. The fraction of sp³-hybridized carbons (Fsp3) is 0.650. The van der Waals surface area contributed by atoms with Gasteiger partial charge in [0.15, 0.2) is 0 Å². The van der Waals surface area contributed by atoms with E-state index in [1.54, 1.807) is 0 Å². The summed E-state index contributed by atoms with van der Waals surface area (Å²) in [4.78, 5) is 24.6. The van der Waals surface area contributed by atoms with Crippen molar-refractivity contribution in [3.63, 3.8) is 0 Å². The Morgan fingerprint density at radius 2 is 1.92 bits per heavy atom. The zero-order valence-corrected chi connectivity index (χ0v) is 16.8. The fourth-order valence-corrected chi connectivity index (χ4v) is 4.94. The maximum absolute atomic E-state index is 12.7. The lowest BCUT2D eigenvalue weighted by atomic mass is 9.93. The van der Waals surface area contributed by atoms with Crippen molar-refractivity contribution in [2.45, 2.75) is 65.3 Å². The molecule has 2 aromatic rings. The average Bonchev–Trinajstić information content (AvgIpc) is 3.33. The summed E-state index contributed by atoms with van der Waals surface area (Å²) in [5, 5.41) is 0.975. The van der Waals surface area contributed by atoms with Gasteiger partial charge in [0, 0.05) is 37.4 Å². The van der Waals surface area contributed by atoms with Crippen LogP contribution in [0.25, 0.3) is 0 Å². The maximum Gasteiger partial charge on any atom is 0.265 e. The van der Waals surface area contributed by atoms with Crippen LogP contribution in [0.5, 0.6) is 0 Å². The summed E-state index contributed by atoms with van der Waals surface area (Å²) in [6, 6.07) is 0. The molecule has 0 spiro atoms. The van der Waals surface area contributed by atoms with Gasteiger partial charge in [0.2, 0.25) is 0 Å². The first-order chi connectivity index (χ1) is 12.5. The number of amides is 1. The number of carbonyl (C=O) groups excluding carboxylic acids is 1. The standard InChI is InChI=1S/C20H28N4OS/c1-13-12-21-19(17-4-5-17)24(13)11-8-16-6-9-23(10-7-16)20(25)18-14(2)22-15(3)26-18/h12,16-17H,4-11H2,1-3H3. The molecule has 0 aromatic carbocycles. The number of hydrogen-bond acceptors (Lipinski definition) is 4. The number of likely N-dealkylation sites (tertiary alicyclic amines) is 1. The van der Waals surface area contributed by atoms with Crippen molar-refractivity contribution < 1.29 is 4.79 Å². The quantitative estimate of drug-likeness (QED) is 0.794. The van der Waals surface area contributed by atoms with Crippen molar-refractivity contribution in [2.24, 2.45) is 5.92 Å². The molecule has 26 heavy (non-hydrogen) atoms. The third-order valence-electron chi connectivity index (χ3n) is 5.79. The molecule has 2 aromatic heterocycles. The van der Waals surface area contributed by atoms with Gasteiger partial charge in [0.1, 0.15) is 10.7 Å². The smallest absolute Gasteiger partial charge is 0.265 e. The predicted molar refractivity (Wildman–Crippen MR) is 104 cm³/mol. The average molecular weight is 373 g/mol. The number of aryl methyl sites for hydroxylation is 3. The van der Waals surface area contributed by atoms with E-state index in [4.69, 9.17) is 0 Å². The van der Waals surface area contributed by atoms with E-state index in [0.717, 1.165) is 48.1 Å². The summed E-state index contributed by atoms with van der Waals surface area (Å²) in [5.74, 6) is 2.88. The minimum Gasteiger partial charge on any atom is -0.338 e. The van der Waals surface area contributed by atoms with E-state index in [1.807, 2.05) is 24.9 Å². The molecule has 6 heteroatoms. The fourth-order valence-electron chi connectivity index (χ4n) is 4.05. The zero-order chi connectivity index (χ0) is 18.3. The molecule has 2 aliphatic rings. The summed E-state index contributed by atoms with van der Waals surface area (Å²) in [5.41, 5.74) is 2.17. The normalized spacial score (nSPS) is 18.5. The van der Waals surface area contributed by atoms with Crippen molar-refractivity contribution in [1.82, 2.24) is 19.4 Å². The molecule has 1 saturated carbocycles. The van der Waals surface area contributed by atoms with Gasteiger partial charge in [-0.05, 0) is 58.8 Å². The number of nitrogens with zero attached hydrogens (tertiary/aromatic N) is 4. The summed E-state index contributed by atoms with van der Waals surface area (Å²) < 4.78 is 2.43. The highest BCUT2D eigenvalue weighted by Crippen LogP contribution is 2.39. The van der Waals surface area contributed by atoms with E-state index in [1.165, 1.54) is 42.1 Å². The van der Waals surface area contributed by atoms with Crippen LogP contribution in [0.4, 0.5) is 0 Å². The molecule has 4 rings (SSSR count). The van der Waals surface area contributed by atoms with Crippen molar-refractivity contribution >= 4 is 17.2 Å². The zero-order valence-electron chi connectivity index (χ0n) is 16.0. The summed E-state index contributed by atoms with van der Waals surface area (Å²) in [6.07, 6.45) is 8.02. The highest BCUT2D eigenvalue weighted by Gasteiger charge is 2.30. The topological polar surface area (TPSA) is 51.0 Å². The molecule has 1 aliphatic carbocycles. The minimum atomic E-state index is 0.174. The highest BCUT2D eigenvalue weighted by molar-refractivity contribution is 7.13. The van der Waals surface area contributed by atoms with Crippen molar-refractivity contribution in [2.75, 3.05) is 13.1 Å². The molecule has 1 aliphatic heterocycles. The van der Waals surface area contributed by atoms with E-state index in [-0.39, 0.29) is 5.91 Å². The molecule has 1 saturated heterocycles. The number of piperidine rings is 1. The molecule has 0 bridgehead atoms. The molecule has 3 heterocycles. The van der Waals surface area contributed by atoms with E-state index in [9.17, 15) is 4.79 Å². The van der Waals surface area contributed by atoms with Gasteiger partial charge in [-0.3, -0.25) is 4.79 Å². The first kappa shape index (κ1) is 17.7. The van der Waals surface area contributed by atoms with Gasteiger partial charge in [-0.25, -0.2) is 9.97 Å². The van der Waals surface area contributed by atoms with Gasteiger partial charge >= 0.3 is 0 Å². The van der Waals surface area contributed by atoms with Crippen LogP contribution in [0.15, 0.2) is 6.20 Å². The van der Waals surface area contributed by atoms with E-state index < -0.39 is 0 Å². The first-order valence-corrected chi connectivity index (χ1v) is 10.6. The van der Waals surface area contributed by atoms with Crippen LogP contribution in [0.1, 0.15) is 69.9 Å². The maximum atomic E-state index is 12.7. The molecule has 1 amide bonds. The molecule has 0 atom stereocenters. The highest BCUT2D eigenvalue weighted by atomic mass is 32.1. The second kappa shape index (κ2) is 7.14. The Morgan fingerprint density at radius 3 is 2.54 bits per heavy atom. The van der Waals surface area contributed by atoms with Crippen LogP contribution >= 0.6 is 11.3 Å². The van der Waals surface area contributed by atoms with Crippen LogP contribution in [-0.2, 0) is 6.54 Å². The van der Waals surface area contributed by atoms with Crippen LogP contribution in [0.3, 0.4) is 0 Å². The first-order valence-electron chi connectivity index (χ1n) is 9.78. The predicted octanol–water partition coefficient (Wildman–Crippen LogP) is 4.08. The van der Waals surface area contributed by atoms with Gasteiger partial charge in [0.25, 0.3) is 5.91 Å². The SMILES string of the molecule is Cc1nc(C)c(C(=O)N2CCC(CCn3c(C)cnc3C3CC3)CC2)s1. The Kier molecular flexibility index (Phi) is 4.86. The number of rotatable bonds is 5. The lowest BCUT2D eigenvalue weighted by Crippen LogP contribution is -2.38. The summed E-state index contributed by atoms with van der Waals surface area (Å²) in [7, 11) is 0. The Morgan fingerprint density at radius 1 is 1.19 bits per heavy atom. The monoisotopic (exact) mass is 372 g/mol. The molecule has 0 N–H and O–H groups in total. The number of imidazole rings is 1. The van der Waals surface area contributed by atoms with E-state index in [0.29, 0.717) is 11.8 Å². The molecular formula is C20H28N4OS. The van der Waals surface area contributed by atoms with Crippen molar-refractivity contribution in [3.05, 3.63) is 33.3 Å². The van der Waals surface area contributed by atoms with Gasteiger partial charge in [0.05, 0.1) is 10.7 Å². The second-order valence-electron chi connectivity index (χ2n) is 7.86. The van der Waals surface area contributed by atoms with Crippen LogP contribution < -0.4 is 0 Å². The third-order valence-corrected chi connectivity index (χ3v) is 6.85. The molecular weight excluding hydrogens is 344 g/mol. The Balaban J connectivity index is 1.31. The number of thiazole rings is 1. The van der Waals surface area contributed by atoms with Crippen LogP contribution in [0, 0.1) is 26.7 Å². The molecule has 140 valence electrons. The summed E-state index contributed by atoms with van der Waals surface area (Å²) >= 11 is 1.52. The number of aromatic nitrogens is 3. The van der Waals surface area contributed by atoms with Crippen LogP contribution in [-0.4, -0.2) is 38.4 Å². The largest absolute Gasteiger partial charge is 0.338 e. The van der Waals surface area contributed by atoms with Crippen LogP contribution in [0.2, 0.25) is 0 Å². The molecule has 0 unspecified atom stereocenters. The molecule has 2 fully saturated rings. The Hall–Kier alpha value is -1.69. The van der Waals surface area contributed by atoms with Crippen molar-refractivity contribution in [3.8, 4) is 0 Å². The van der Waals surface area contributed by atoms with Crippen molar-refractivity contribution in [1.29, 1.82) is 0 Å². The van der Waals surface area contributed by atoms with Gasteiger partial charge in [-0.2, -0.15) is 0 Å². The van der Waals surface area contributed by atoms with Gasteiger partial charge in [-0.1, -0.05) is 0 Å².